The van der Waals surface area contributed by atoms with Crippen molar-refractivity contribution in [2.45, 2.75) is 39.8 Å². The van der Waals surface area contributed by atoms with Gasteiger partial charge >= 0.3 is 0 Å². The van der Waals surface area contributed by atoms with Crippen LogP contribution in [0.25, 0.3) is 0 Å². The summed E-state index contributed by atoms with van der Waals surface area (Å²) < 4.78 is 0. The largest absolute Gasteiger partial charge is 0.368 e. The van der Waals surface area contributed by atoms with Crippen molar-refractivity contribution in [3.63, 3.8) is 0 Å². The van der Waals surface area contributed by atoms with Crippen LogP contribution in [0.15, 0.2) is 6.20 Å². The molecular weight excluding hydrogens is 222 g/mol. The second-order valence-electron chi connectivity index (χ2n) is 4.08. The summed E-state index contributed by atoms with van der Waals surface area (Å²) in [6.45, 7) is 6.69. The smallest absolute Gasteiger partial charge is 0.234 e. The fourth-order valence-corrected chi connectivity index (χ4v) is 2.28. The summed E-state index contributed by atoms with van der Waals surface area (Å²) in [5.41, 5.74) is 5.32. The van der Waals surface area contributed by atoms with Gasteiger partial charge < -0.3 is 11.1 Å². The Hall–Kier alpha value is -0.940. The molecule has 1 rings (SSSR count). The van der Waals surface area contributed by atoms with E-state index < -0.39 is 0 Å². The molecule has 1 aromatic rings. The fourth-order valence-electron chi connectivity index (χ4n) is 1.47. The van der Waals surface area contributed by atoms with Gasteiger partial charge in [0.05, 0.1) is 11.0 Å². The molecule has 1 aromatic heterocycles. The van der Waals surface area contributed by atoms with Gasteiger partial charge in [-0.15, -0.1) is 11.3 Å². The van der Waals surface area contributed by atoms with Crippen molar-refractivity contribution >= 4 is 17.2 Å². The summed E-state index contributed by atoms with van der Waals surface area (Å²) >= 11 is 1.67. The Labute approximate surface area is 100 Å². The highest BCUT2D eigenvalue weighted by atomic mass is 32.1. The lowest BCUT2D eigenvalue weighted by Crippen LogP contribution is -2.44. The zero-order valence-electron chi connectivity index (χ0n) is 9.99. The van der Waals surface area contributed by atoms with Crippen molar-refractivity contribution in [3.8, 4) is 0 Å². The molecule has 0 saturated heterocycles. The predicted molar refractivity (Wildman–Crippen MR) is 66.2 cm³/mol. The van der Waals surface area contributed by atoms with Gasteiger partial charge in [-0.05, 0) is 12.3 Å². The first kappa shape index (κ1) is 13.1. The lowest BCUT2D eigenvalue weighted by Gasteiger charge is -2.18. The van der Waals surface area contributed by atoms with E-state index in [-0.39, 0.29) is 17.9 Å². The molecule has 90 valence electrons. The number of carbonyl (C=O) groups excluding carboxylic acids is 1. The minimum atomic E-state index is -0.296. The van der Waals surface area contributed by atoms with Gasteiger partial charge in [-0.3, -0.25) is 4.79 Å². The van der Waals surface area contributed by atoms with Crippen molar-refractivity contribution in [2.75, 3.05) is 0 Å². The first-order chi connectivity index (χ1) is 7.54. The molecule has 1 amide bonds. The van der Waals surface area contributed by atoms with Crippen LogP contribution in [0, 0.1) is 5.92 Å². The van der Waals surface area contributed by atoms with E-state index in [9.17, 15) is 4.79 Å². The van der Waals surface area contributed by atoms with Crippen LogP contribution in [0.5, 0.6) is 0 Å². The maximum absolute atomic E-state index is 11.2. The standard InChI is InChI=1S/C11H19N3OS/c1-4-9-13-5-8(16-9)6-14-10(7(2)3)11(12)15/h5,7,10,14H,4,6H2,1-3H3,(H2,12,15). The average Bonchev–Trinajstić information content (AvgIpc) is 2.65. The predicted octanol–water partition coefficient (Wildman–Crippen LogP) is 1.30. The number of hydrogen-bond acceptors (Lipinski definition) is 4. The van der Waals surface area contributed by atoms with Crippen molar-refractivity contribution in [1.82, 2.24) is 10.3 Å². The van der Waals surface area contributed by atoms with E-state index in [1.54, 1.807) is 11.3 Å². The molecule has 0 spiro atoms. The lowest BCUT2D eigenvalue weighted by molar-refractivity contribution is -0.121. The van der Waals surface area contributed by atoms with Crippen LogP contribution < -0.4 is 11.1 Å². The summed E-state index contributed by atoms with van der Waals surface area (Å²) in [6.07, 6.45) is 2.81. The number of amides is 1. The highest BCUT2D eigenvalue weighted by Crippen LogP contribution is 2.13. The maximum atomic E-state index is 11.2. The first-order valence-electron chi connectivity index (χ1n) is 5.50. The highest BCUT2D eigenvalue weighted by Gasteiger charge is 2.18. The van der Waals surface area contributed by atoms with E-state index in [4.69, 9.17) is 5.73 Å². The van der Waals surface area contributed by atoms with Crippen molar-refractivity contribution in [2.24, 2.45) is 11.7 Å². The molecule has 0 aliphatic carbocycles. The Morgan fingerprint density at radius 2 is 2.31 bits per heavy atom. The number of nitrogens with two attached hydrogens (primary N) is 1. The molecule has 1 unspecified atom stereocenters. The number of thiazole rings is 1. The van der Waals surface area contributed by atoms with Gasteiger partial charge in [-0.2, -0.15) is 0 Å². The second-order valence-corrected chi connectivity index (χ2v) is 5.28. The van der Waals surface area contributed by atoms with Gasteiger partial charge in [-0.1, -0.05) is 20.8 Å². The Morgan fingerprint density at radius 3 is 2.75 bits per heavy atom. The Bertz CT molecular complexity index is 349. The lowest BCUT2D eigenvalue weighted by atomic mass is 10.0. The molecule has 1 atom stereocenters. The molecule has 0 radical (unpaired) electrons. The third-order valence-electron chi connectivity index (χ3n) is 2.37. The molecule has 0 aliphatic heterocycles. The van der Waals surface area contributed by atoms with E-state index in [0.29, 0.717) is 6.54 Å². The Balaban J connectivity index is 2.52. The summed E-state index contributed by atoms with van der Waals surface area (Å²) in [5.74, 6) is -0.0914. The highest BCUT2D eigenvalue weighted by molar-refractivity contribution is 7.11. The Morgan fingerprint density at radius 1 is 1.62 bits per heavy atom. The van der Waals surface area contributed by atoms with Crippen LogP contribution in [0.1, 0.15) is 30.7 Å². The molecule has 1 heterocycles. The van der Waals surface area contributed by atoms with Crippen LogP contribution in [-0.2, 0) is 17.8 Å². The third kappa shape index (κ3) is 3.57. The van der Waals surface area contributed by atoms with E-state index in [1.165, 1.54) is 0 Å². The second kappa shape index (κ2) is 5.96. The number of rotatable bonds is 6. The van der Waals surface area contributed by atoms with Gasteiger partial charge in [0.2, 0.25) is 5.91 Å². The SMILES string of the molecule is CCc1ncc(CNC(C(N)=O)C(C)C)s1. The topological polar surface area (TPSA) is 68.0 Å². The van der Waals surface area contributed by atoms with Crippen LogP contribution in [0.2, 0.25) is 0 Å². The minimum Gasteiger partial charge on any atom is -0.368 e. The number of nitrogens with zero attached hydrogens (tertiary/aromatic N) is 1. The number of aromatic nitrogens is 1. The van der Waals surface area contributed by atoms with Gasteiger partial charge in [0.15, 0.2) is 0 Å². The Kier molecular flexibility index (Phi) is 4.89. The van der Waals surface area contributed by atoms with Crippen LogP contribution >= 0.6 is 11.3 Å². The zero-order chi connectivity index (χ0) is 12.1. The fraction of sp³-hybridized carbons (Fsp3) is 0.636. The third-order valence-corrected chi connectivity index (χ3v) is 3.51. The zero-order valence-corrected chi connectivity index (χ0v) is 10.8. The minimum absolute atomic E-state index is 0.205. The molecule has 0 fully saturated rings. The van der Waals surface area contributed by atoms with Crippen LogP contribution in [0.3, 0.4) is 0 Å². The quantitative estimate of drug-likeness (QED) is 0.789. The van der Waals surface area contributed by atoms with Crippen molar-refractivity contribution < 1.29 is 4.79 Å². The monoisotopic (exact) mass is 241 g/mol. The summed E-state index contributed by atoms with van der Waals surface area (Å²) in [6, 6.07) is -0.271. The summed E-state index contributed by atoms with van der Waals surface area (Å²) in [5, 5.41) is 4.29. The first-order valence-corrected chi connectivity index (χ1v) is 6.32. The summed E-state index contributed by atoms with van der Waals surface area (Å²) in [7, 11) is 0. The molecule has 3 N–H and O–H groups in total. The molecule has 0 saturated carbocycles. The molecular formula is C11H19N3OS. The van der Waals surface area contributed by atoms with Crippen molar-refractivity contribution in [3.05, 3.63) is 16.1 Å². The number of aryl methyl sites for hydroxylation is 1. The molecule has 16 heavy (non-hydrogen) atoms. The average molecular weight is 241 g/mol. The van der Waals surface area contributed by atoms with E-state index in [1.807, 2.05) is 20.0 Å². The number of hydrogen-bond donors (Lipinski definition) is 2. The summed E-state index contributed by atoms with van der Waals surface area (Å²) in [4.78, 5) is 16.6. The van der Waals surface area contributed by atoms with E-state index in [2.05, 4.69) is 17.2 Å². The number of primary amides is 1. The van der Waals surface area contributed by atoms with Crippen LogP contribution in [-0.4, -0.2) is 16.9 Å². The van der Waals surface area contributed by atoms with Gasteiger partial charge in [0, 0.05) is 17.6 Å². The van der Waals surface area contributed by atoms with Crippen LogP contribution in [0.4, 0.5) is 0 Å². The molecule has 0 aliphatic rings. The normalized spacial score (nSPS) is 13.0. The molecule has 4 nitrogen and oxygen atoms in total. The molecule has 0 bridgehead atoms. The maximum Gasteiger partial charge on any atom is 0.234 e. The number of carbonyl (C=O) groups is 1. The van der Waals surface area contributed by atoms with Gasteiger partial charge in [-0.25, -0.2) is 4.98 Å². The molecule has 0 aromatic carbocycles. The van der Waals surface area contributed by atoms with E-state index >= 15 is 0 Å². The molecule has 5 heteroatoms. The van der Waals surface area contributed by atoms with Crippen molar-refractivity contribution in [1.29, 1.82) is 0 Å². The van der Waals surface area contributed by atoms with Gasteiger partial charge in [0.25, 0.3) is 0 Å². The van der Waals surface area contributed by atoms with E-state index in [0.717, 1.165) is 16.3 Å². The number of nitrogens with one attached hydrogen (secondary N) is 1. The van der Waals surface area contributed by atoms with Gasteiger partial charge in [0.1, 0.15) is 0 Å².